The standard InChI is InChI=1S/C25H24N4O2S/c1-17-9-11-20(12-10-17)26-25-27-21(16-32-25)15-31-24(30)14-13-23-18(2)28-29(19(23)3)22-7-5-4-6-8-22/h4-14,16H,15H2,1-3H3,(H,26,27). The molecule has 0 aliphatic rings. The Morgan fingerprint density at radius 2 is 1.84 bits per heavy atom. The first-order valence-corrected chi connectivity index (χ1v) is 11.1. The Bertz CT molecular complexity index is 1240. The number of anilines is 2. The van der Waals surface area contributed by atoms with Crippen LogP contribution in [0.3, 0.4) is 0 Å². The molecule has 0 saturated heterocycles. The number of rotatable bonds is 7. The number of esters is 1. The highest BCUT2D eigenvalue weighted by Gasteiger charge is 2.11. The van der Waals surface area contributed by atoms with Crippen LogP contribution in [0, 0.1) is 20.8 Å². The molecule has 0 unspecified atom stereocenters. The Morgan fingerprint density at radius 1 is 1.09 bits per heavy atom. The molecule has 0 fully saturated rings. The summed E-state index contributed by atoms with van der Waals surface area (Å²) in [6.45, 7) is 6.08. The molecular weight excluding hydrogens is 420 g/mol. The van der Waals surface area contributed by atoms with E-state index >= 15 is 0 Å². The van der Waals surface area contributed by atoms with Gasteiger partial charge in [-0.05, 0) is 51.1 Å². The summed E-state index contributed by atoms with van der Waals surface area (Å²) in [4.78, 5) is 16.7. The number of para-hydroxylation sites is 1. The normalized spacial score (nSPS) is 11.1. The van der Waals surface area contributed by atoms with Crippen molar-refractivity contribution in [3.8, 4) is 5.69 Å². The van der Waals surface area contributed by atoms with Crippen LogP contribution in [0.5, 0.6) is 0 Å². The van der Waals surface area contributed by atoms with Crippen molar-refractivity contribution in [3.63, 3.8) is 0 Å². The molecular formula is C25H24N4O2S. The van der Waals surface area contributed by atoms with Crippen molar-refractivity contribution in [1.29, 1.82) is 0 Å². The average molecular weight is 445 g/mol. The van der Waals surface area contributed by atoms with E-state index in [1.807, 2.05) is 85.4 Å². The number of hydrogen-bond donors (Lipinski definition) is 1. The van der Waals surface area contributed by atoms with Gasteiger partial charge in [0.1, 0.15) is 6.61 Å². The summed E-state index contributed by atoms with van der Waals surface area (Å²) in [5.41, 5.74) is 6.57. The van der Waals surface area contributed by atoms with Gasteiger partial charge in [0.15, 0.2) is 5.13 Å². The highest BCUT2D eigenvalue weighted by molar-refractivity contribution is 7.13. The van der Waals surface area contributed by atoms with Gasteiger partial charge in [0.2, 0.25) is 0 Å². The van der Waals surface area contributed by atoms with Crippen LogP contribution >= 0.6 is 11.3 Å². The molecule has 1 N–H and O–H groups in total. The first kappa shape index (κ1) is 21.5. The van der Waals surface area contributed by atoms with E-state index in [4.69, 9.17) is 4.74 Å². The lowest BCUT2D eigenvalue weighted by Gasteiger charge is -2.03. The van der Waals surface area contributed by atoms with Crippen molar-refractivity contribution >= 4 is 34.2 Å². The molecule has 0 atom stereocenters. The summed E-state index contributed by atoms with van der Waals surface area (Å²) < 4.78 is 7.24. The quantitative estimate of drug-likeness (QED) is 0.290. The molecule has 162 valence electrons. The fraction of sp³-hybridized carbons (Fsp3) is 0.160. The summed E-state index contributed by atoms with van der Waals surface area (Å²) in [6, 6.07) is 18.0. The van der Waals surface area contributed by atoms with Crippen molar-refractivity contribution < 1.29 is 9.53 Å². The van der Waals surface area contributed by atoms with Gasteiger partial charge < -0.3 is 10.1 Å². The second kappa shape index (κ2) is 9.62. The highest BCUT2D eigenvalue weighted by Crippen LogP contribution is 2.22. The molecule has 2 aromatic heterocycles. The minimum absolute atomic E-state index is 0.122. The predicted molar refractivity (Wildman–Crippen MR) is 128 cm³/mol. The third-order valence-corrected chi connectivity index (χ3v) is 5.76. The van der Waals surface area contributed by atoms with Crippen molar-refractivity contribution in [2.45, 2.75) is 27.4 Å². The van der Waals surface area contributed by atoms with Gasteiger partial charge in [-0.3, -0.25) is 0 Å². The Morgan fingerprint density at radius 3 is 2.59 bits per heavy atom. The SMILES string of the molecule is Cc1ccc(Nc2nc(COC(=O)C=Cc3c(C)nn(-c4ccccc4)c3C)cs2)cc1. The van der Waals surface area contributed by atoms with Crippen LogP contribution < -0.4 is 5.32 Å². The summed E-state index contributed by atoms with van der Waals surface area (Å²) in [5, 5.41) is 10.5. The van der Waals surface area contributed by atoms with E-state index in [9.17, 15) is 4.79 Å². The smallest absolute Gasteiger partial charge is 0.331 e. The average Bonchev–Trinajstić information content (AvgIpc) is 3.36. The summed E-state index contributed by atoms with van der Waals surface area (Å²) in [6.07, 6.45) is 3.19. The van der Waals surface area contributed by atoms with Crippen molar-refractivity contribution in [2.24, 2.45) is 0 Å². The topological polar surface area (TPSA) is 69.0 Å². The summed E-state index contributed by atoms with van der Waals surface area (Å²) in [5.74, 6) is -0.419. The Balaban J connectivity index is 1.35. The zero-order chi connectivity index (χ0) is 22.5. The maximum Gasteiger partial charge on any atom is 0.331 e. The maximum absolute atomic E-state index is 12.2. The molecule has 2 aromatic carbocycles. The lowest BCUT2D eigenvalue weighted by Crippen LogP contribution is -2.01. The van der Waals surface area contributed by atoms with Gasteiger partial charge in [-0.15, -0.1) is 11.3 Å². The minimum atomic E-state index is -0.419. The predicted octanol–water partition coefficient (Wildman–Crippen LogP) is 5.75. The fourth-order valence-corrected chi connectivity index (χ4v) is 3.97. The van der Waals surface area contributed by atoms with Gasteiger partial charge >= 0.3 is 5.97 Å². The molecule has 0 amide bonds. The van der Waals surface area contributed by atoms with Crippen LogP contribution in [-0.4, -0.2) is 20.7 Å². The molecule has 6 nitrogen and oxygen atoms in total. The molecule has 0 spiro atoms. The zero-order valence-corrected chi connectivity index (χ0v) is 19.0. The van der Waals surface area contributed by atoms with Gasteiger partial charge in [0.25, 0.3) is 0 Å². The largest absolute Gasteiger partial charge is 0.456 e. The number of ether oxygens (including phenoxy) is 1. The number of benzene rings is 2. The molecule has 0 aliphatic heterocycles. The van der Waals surface area contributed by atoms with Gasteiger partial charge in [-0.25, -0.2) is 14.5 Å². The molecule has 2 heterocycles. The van der Waals surface area contributed by atoms with Crippen molar-refractivity contribution in [2.75, 3.05) is 5.32 Å². The first-order valence-electron chi connectivity index (χ1n) is 10.2. The van der Waals surface area contributed by atoms with Gasteiger partial charge in [0, 0.05) is 28.4 Å². The number of aryl methyl sites for hydroxylation is 2. The number of carbonyl (C=O) groups excluding carboxylic acids is 1. The minimum Gasteiger partial charge on any atom is -0.456 e. The molecule has 0 saturated carbocycles. The third-order valence-electron chi connectivity index (χ3n) is 4.95. The van der Waals surface area contributed by atoms with Crippen LogP contribution in [0.2, 0.25) is 0 Å². The van der Waals surface area contributed by atoms with Crippen molar-refractivity contribution in [1.82, 2.24) is 14.8 Å². The van der Waals surface area contributed by atoms with Gasteiger partial charge in [0.05, 0.1) is 17.1 Å². The van der Waals surface area contributed by atoms with E-state index < -0.39 is 5.97 Å². The summed E-state index contributed by atoms with van der Waals surface area (Å²) in [7, 11) is 0. The Labute approximate surface area is 191 Å². The Kier molecular flexibility index (Phi) is 6.47. The molecule has 4 aromatic rings. The zero-order valence-electron chi connectivity index (χ0n) is 18.2. The van der Waals surface area contributed by atoms with Crippen LogP contribution in [0.25, 0.3) is 11.8 Å². The van der Waals surface area contributed by atoms with Gasteiger partial charge in [-0.2, -0.15) is 5.10 Å². The van der Waals surface area contributed by atoms with E-state index in [1.54, 1.807) is 6.08 Å². The second-order valence-electron chi connectivity index (χ2n) is 7.41. The maximum atomic E-state index is 12.2. The Hall–Kier alpha value is -3.71. The molecule has 0 radical (unpaired) electrons. The van der Waals surface area contributed by atoms with E-state index in [1.165, 1.54) is 23.0 Å². The highest BCUT2D eigenvalue weighted by atomic mass is 32.1. The molecule has 32 heavy (non-hydrogen) atoms. The monoisotopic (exact) mass is 444 g/mol. The number of nitrogens with one attached hydrogen (secondary N) is 1. The van der Waals surface area contributed by atoms with E-state index in [0.29, 0.717) is 5.69 Å². The van der Waals surface area contributed by atoms with Crippen LogP contribution in [0.15, 0.2) is 66.1 Å². The van der Waals surface area contributed by atoms with Crippen LogP contribution in [-0.2, 0) is 16.1 Å². The third kappa shape index (κ3) is 5.12. The number of aromatic nitrogens is 3. The lowest BCUT2D eigenvalue weighted by molar-refractivity contribution is -0.139. The molecule has 4 rings (SSSR count). The lowest BCUT2D eigenvalue weighted by atomic mass is 10.2. The van der Waals surface area contributed by atoms with Gasteiger partial charge in [-0.1, -0.05) is 35.9 Å². The number of carbonyl (C=O) groups is 1. The molecule has 7 heteroatoms. The first-order chi connectivity index (χ1) is 15.5. The second-order valence-corrected chi connectivity index (χ2v) is 8.27. The van der Waals surface area contributed by atoms with Crippen LogP contribution in [0.4, 0.5) is 10.8 Å². The van der Waals surface area contributed by atoms with E-state index in [0.717, 1.165) is 33.5 Å². The van der Waals surface area contributed by atoms with Crippen LogP contribution in [0.1, 0.15) is 28.2 Å². The molecule has 0 bridgehead atoms. The number of thiazole rings is 1. The molecule has 0 aliphatic carbocycles. The van der Waals surface area contributed by atoms with E-state index in [-0.39, 0.29) is 6.61 Å². The van der Waals surface area contributed by atoms with Crippen molar-refractivity contribution in [3.05, 3.63) is 94.3 Å². The number of hydrogen-bond acceptors (Lipinski definition) is 6. The summed E-state index contributed by atoms with van der Waals surface area (Å²) >= 11 is 1.47. The number of nitrogens with zero attached hydrogens (tertiary/aromatic N) is 3. The van der Waals surface area contributed by atoms with E-state index in [2.05, 4.69) is 15.4 Å². The fourth-order valence-electron chi connectivity index (χ4n) is 3.25.